The summed E-state index contributed by atoms with van der Waals surface area (Å²) in [6.07, 6.45) is 14.8. The third-order valence-corrected chi connectivity index (χ3v) is 8.31. The number of likely N-dealkylation sites (tertiary alicyclic amines) is 1. The Kier molecular flexibility index (Phi) is 9.50. The summed E-state index contributed by atoms with van der Waals surface area (Å²) in [5.41, 5.74) is 0.623. The fourth-order valence-corrected chi connectivity index (χ4v) is 5.95. The van der Waals surface area contributed by atoms with Crippen molar-refractivity contribution in [3.05, 3.63) is 47.8 Å². The van der Waals surface area contributed by atoms with Gasteiger partial charge in [-0.2, -0.15) is 0 Å². The lowest BCUT2D eigenvalue weighted by Crippen LogP contribution is -2.38. The maximum absolute atomic E-state index is 13.1. The Hall–Kier alpha value is -2.05. The third kappa shape index (κ3) is 7.71. The standard InChI is InChI=1S/C29H41FN2O3/c1-35-27-12-4-22(5-13-27)20-28(33)31-26-10-2-21(3-11-26)14-17-32-18-15-24(16-19-32)29(34)23-6-8-25(30)9-7-23/h2,6-10,21-22,24,26-27H,3-5,11-20H2,1H3,(H,31,33)/t21-,22?,26?,27?/m0/s1. The molecule has 1 N–H and O–H groups in total. The number of rotatable bonds is 9. The summed E-state index contributed by atoms with van der Waals surface area (Å²) in [5, 5.41) is 3.23. The van der Waals surface area contributed by atoms with Crippen LogP contribution in [0.15, 0.2) is 36.4 Å². The van der Waals surface area contributed by atoms with Gasteiger partial charge in [-0.3, -0.25) is 9.59 Å². The van der Waals surface area contributed by atoms with E-state index >= 15 is 0 Å². The minimum atomic E-state index is -0.303. The van der Waals surface area contributed by atoms with Crippen LogP contribution in [0.1, 0.15) is 74.6 Å². The normalized spacial score (nSPS) is 28.1. The first-order chi connectivity index (χ1) is 17.0. The van der Waals surface area contributed by atoms with E-state index in [2.05, 4.69) is 22.4 Å². The van der Waals surface area contributed by atoms with Crippen molar-refractivity contribution in [2.45, 2.75) is 76.4 Å². The van der Waals surface area contributed by atoms with Crippen LogP contribution in [0.25, 0.3) is 0 Å². The molecule has 1 unspecified atom stereocenters. The fraction of sp³-hybridized carbons (Fsp3) is 0.655. The van der Waals surface area contributed by atoms with Crippen molar-refractivity contribution in [3.63, 3.8) is 0 Å². The van der Waals surface area contributed by atoms with Gasteiger partial charge in [0.25, 0.3) is 0 Å². The number of carbonyl (C=O) groups is 2. The number of benzene rings is 1. The lowest BCUT2D eigenvalue weighted by atomic mass is 9.85. The number of hydrogen-bond acceptors (Lipinski definition) is 4. The summed E-state index contributed by atoms with van der Waals surface area (Å²) in [4.78, 5) is 27.6. The molecule has 5 nitrogen and oxygen atoms in total. The molecule has 2 atom stereocenters. The number of amides is 1. The van der Waals surface area contributed by atoms with E-state index in [4.69, 9.17) is 4.74 Å². The highest BCUT2D eigenvalue weighted by atomic mass is 19.1. The van der Waals surface area contributed by atoms with Gasteiger partial charge in [0.05, 0.1) is 6.10 Å². The van der Waals surface area contributed by atoms with Crippen molar-refractivity contribution in [2.75, 3.05) is 26.7 Å². The number of halogens is 1. The minimum Gasteiger partial charge on any atom is -0.381 e. The number of piperidine rings is 1. The van der Waals surface area contributed by atoms with E-state index in [0.29, 0.717) is 29.9 Å². The molecule has 2 aliphatic carbocycles. The monoisotopic (exact) mass is 484 g/mol. The molecule has 0 bridgehead atoms. The van der Waals surface area contributed by atoms with Crippen LogP contribution in [0, 0.1) is 23.6 Å². The molecule has 35 heavy (non-hydrogen) atoms. The summed E-state index contributed by atoms with van der Waals surface area (Å²) < 4.78 is 18.6. The number of ether oxygens (including phenoxy) is 1. The minimum absolute atomic E-state index is 0.0469. The highest BCUT2D eigenvalue weighted by Crippen LogP contribution is 2.29. The van der Waals surface area contributed by atoms with Crippen molar-refractivity contribution in [2.24, 2.45) is 17.8 Å². The highest BCUT2D eigenvalue weighted by Gasteiger charge is 2.27. The van der Waals surface area contributed by atoms with Crippen LogP contribution in [0.5, 0.6) is 0 Å². The van der Waals surface area contributed by atoms with Crippen molar-refractivity contribution >= 4 is 11.7 Å². The molecule has 4 rings (SSSR count). The summed E-state index contributed by atoms with van der Waals surface area (Å²) in [5.74, 6) is 1.14. The molecule has 2 fully saturated rings. The summed E-state index contributed by atoms with van der Waals surface area (Å²) in [7, 11) is 1.78. The van der Waals surface area contributed by atoms with Crippen LogP contribution in [0.3, 0.4) is 0 Å². The average molecular weight is 485 g/mol. The van der Waals surface area contributed by atoms with Crippen LogP contribution in [0.2, 0.25) is 0 Å². The van der Waals surface area contributed by atoms with Gasteiger partial charge >= 0.3 is 0 Å². The van der Waals surface area contributed by atoms with Gasteiger partial charge in [0.1, 0.15) is 5.82 Å². The SMILES string of the molecule is COC1CCC(CC(=O)NC2C=C[C@H](CCN3CCC(C(=O)c4ccc(F)cc4)CC3)CC2)CC1. The summed E-state index contributed by atoms with van der Waals surface area (Å²) >= 11 is 0. The average Bonchev–Trinajstić information content (AvgIpc) is 2.89. The zero-order valence-corrected chi connectivity index (χ0v) is 21.1. The molecule has 1 amide bonds. The van der Waals surface area contributed by atoms with E-state index in [1.54, 1.807) is 19.2 Å². The van der Waals surface area contributed by atoms with Crippen molar-refractivity contribution in [3.8, 4) is 0 Å². The number of allylic oxidation sites excluding steroid dienone is 1. The first kappa shape index (κ1) is 26.0. The Morgan fingerprint density at radius 2 is 1.69 bits per heavy atom. The summed E-state index contributed by atoms with van der Waals surface area (Å²) in [6, 6.07) is 6.10. The van der Waals surface area contributed by atoms with Gasteiger partial charge in [0, 0.05) is 31.1 Å². The predicted molar refractivity (Wildman–Crippen MR) is 136 cm³/mol. The van der Waals surface area contributed by atoms with Crippen LogP contribution in [0.4, 0.5) is 4.39 Å². The Balaban J connectivity index is 1.11. The molecule has 1 heterocycles. The molecule has 1 saturated heterocycles. The van der Waals surface area contributed by atoms with Crippen molar-refractivity contribution in [1.82, 2.24) is 10.2 Å². The van der Waals surface area contributed by atoms with Crippen LogP contribution in [-0.2, 0) is 9.53 Å². The molecule has 0 spiro atoms. The van der Waals surface area contributed by atoms with Gasteiger partial charge in [-0.05, 0) is 114 Å². The van der Waals surface area contributed by atoms with Crippen LogP contribution < -0.4 is 5.32 Å². The first-order valence-corrected chi connectivity index (χ1v) is 13.5. The largest absolute Gasteiger partial charge is 0.381 e. The molecular weight excluding hydrogens is 443 g/mol. The molecule has 1 aliphatic heterocycles. The number of methoxy groups -OCH3 is 1. The predicted octanol–water partition coefficient (Wildman–Crippen LogP) is 5.16. The molecule has 6 heteroatoms. The van der Waals surface area contributed by atoms with Gasteiger partial charge in [-0.15, -0.1) is 0 Å². The number of carbonyl (C=O) groups excluding carboxylic acids is 2. The number of Topliss-reactive ketones (excluding diaryl/α,β-unsaturated/α-hetero) is 1. The first-order valence-electron chi connectivity index (χ1n) is 13.5. The van der Waals surface area contributed by atoms with E-state index in [-0.39, 0.29) is 29.5 Å². The van der Waals surface area contributed by atoms with Crippen molar-refractivity contribution in [1.29, 1.82) is 0 Å². The third-order valence-electron chi connectivity index (χ3n) is 8.31. The number of hydrogen-bond donors (Lipinski definition) is 1. The fourth-order valence-electron chi connectivity index (χ4n) is 5.95. The second-order valence-electron chi connectivity index (χ2n) is 10.8. The van der Waals surface area contributed by atoms with Crippen LogP contribution in [-0.4, -0.2) is 55.5 Å². The van der Waals surface area contributed by atoms with E-state index in [9.17, 15) is 14.0 Å². The Bertz CT molecular complexity index is 855. The van der Waals surface area contributed by atoms with E-state index < -0.39 is 0 Å². The molecule has 1 aromatic carbocycles. The Labute approximate surface area is 209 Å². The molecule has 0 radical (unpaired) electrons. The number of nitrogens with one attached hydrogen (secondary N) is 1. The quantitative estimate of drug-likeness (QED) is 0.389. The second-order valence-corrected chi connectivity index (χ2v) is 10.8. The second kappa shape index (κ2) is 12.8. The smallest absolute Gasteiger partial charge is 0.220 e. The molecule has 0 aromatic heterocycles. The van der Waals surface area contributed by atoms with E-state index in [0.717, 1.165) is 77.4 Å². The Morgan fingerprint density at radius 1 is 0.971 bits per heavy atom. The van der Waals surface area contributed by atoms with Gasteiger partial charge < -0.3 is 15.0 Å². The van der Waals surface area contributed by atoms with Gasteiger partial charge in [0.15, 0.2) is 5.78 Å². The topological polar surface area (TPSA) is 58.6 Å². The maximum Gasteiger partial charge on any atom is 0.220 e. The summed E-state index contributed by atoms with van der Waals surface area (Å²) in [6.45, 7) is 2.94. The lowest BCUT2D eigenvalue weighted by Gasteiger charge is -2.32. The van der Waals surface area contributed by atoms with E-state index in [1.807, 2.05) is 0 Å². The van der Waals surface area contributed by atoms with Crippen molar-refractivity contribution < 1.29 is 18.7 Å². The molecule has 1 aromatic rings. The van der Waals surface area contributed by atoms with Crippen LogP contribution >= 0.6 is 0 Å². The lowest BCUT2D eigenvalue weighted by molar-refractivity contribution is -0.123. The molecular formula is C29H41FN2O3. The zero-order valence-electron chi connectivity index (χ0n) is 21.1. The molecule has 192 valence electrons. The van der Waals surface area contributed by atoms with Gasteiger partial charge in [0.2, 0.25) is 5.91 Å². The maximum atomic E-state index is 13.1. The van der Waals surface area contributed by atoms with E-state index in [1.165, 1.54) is 12.1 Å². The Morgan fingerprint density at radius 3 is 2.31 bits per heavy atom. The van der Waals surface area contributed by atoms with Gasteiger partial charge in [-0.25, -0.2) is 4.39 Å². The molecule has 1 saturated carbocycles. The highest BCUT2D eigenvalue weighted by molar-refractivity contribution is 5.97. The number of nitrogens with zero attached hydrogens (tertiary/aromatic N) is 1. The molecule has 3 aliphatic rings. The van der Waals surface area contributed by atoms with Gasteiger partial charge in [-0.1, -0.05) is 12.2 Å². The zero-order chi connectivity index (χ0) is 24.6. The number of ketones is 1.